The lowest BCUT2D eigenvalue weighted by Gasteiger charge is -2.36. The van der Waals surface area contributed by atoms with Crippen molar-refractivity contribution in [2.75, 3.05) is 0 Å². The van der Waals surface area contributed by atoms with Crippen molar-refractivity contribution < 1.29 is 14.3 Å². The summed E-state index contributed by atoms with van der Waals surface area (Å²) in [7, 11) is 0. The summed E-state index contributed by atoms with van der Waals surface area (Å²) in [6.07, 6.45) is 9.07. The molecule has 1 aliphatic heterocycles. The second-order valence-corrected chi connectivity index (χ2v) is 7.92. The summed E-state index contributed by atoms with van der Waals surface area (Å²) >= 11 is 0. The topological polar surface area (TPSA) is 38.8 Å². The molecule has 120 valence electrons. The standard InChI is InChI=1S/C18H30O3/c1-12(2)14-8-7-13(3)11-15(14)20-17(19)16-18(21-16)9-5-4-6-10-18/h12-16H,4-11H2,1-3H3/t13-,14+,15-,16?/m1/s1. The molecule has 1 saturated heterocycles. The Kier molecular flexibility index (Phi) is 4.31. The molecule has 2 aliphatic carbocycles. The van der Waals surface area contributed by atoms with Crippen LogP contribution >= 0.6 is 0 Å². The van der Waals surface area contributed by atoms with Crippen LogP contribution in [-0.4, -0.2) is 23.8 Å². The van der Waals surface area contributed by atoms with Crippen molar-refractivity contribution in [2.24, 2.45) is 17.8 Å². The van der Waals surface area contributed by atoms with Crippen LogP contribution in [0.25, 0.3) is 0 Å². The molecule has 1 unspecified atom stereocenters. The zero-order valence-corrected chi connectivity index (χ0v) is 13.8. The van der Waals surface area contributed by atoms with Crippen molar-refractivity contribution in [3.8, 4) is 0 Å². The Morgan fingerprint density at radius 3 is 2.57 bits per heavy atom. The lowest BCUT2D eigenvalue weighted by atomic mass is 9.75. The van der Waals surface area contributed by atoms with Crippen LogP contribution in [0, 0.1) is 17.8 Å². The van der Waals surface area contributed by atoms with Crippen molar-refractivity contribution in [2.45, 2.75) is 89.9 Å². The van der Waals surface area contributed by atoms with E-state index in [2.05, 4.69) is 20.8 Å². The van der Waals surface area contributed by atoms with Crippen molar-refractivity contribution in [3.05, 3.63) is 0 Å². The predicted octanol–water partition coefficient (Wildman–Crippen LogP) is 4.09. The van der Waals surface area contributed by atoms with Gasteiger partial charge in [0, 0.05) is 0 Å². The summed E-state index contributed by atoms with van der Waals surface area (Å²) in [5.74, 6) is 1.69. The lowest BCUT2D eigenvalue weighted by molar-refractivity contribution is -0.157. The van der Waals surface area contributed by atoms with E-state index in [1.54, 1.807) is 0 Å². The average Bonchev–Trinajstić information content (AvgIpc) is 3.13. The average molecular weight is 294 g/mol. The van der Waals surface area contributed by atoms with E-state index >= 15 is 0 Å². The first-order chi connectivity index (χ1) is 10.0. The Balaban J connectivity index is 1.58. The van der Waals surface area contributed by atoms with Crippen LogP contribution in [0.4, 0.5) is 0 Å². The quantitative estimate of drug-likeness (QED) is 0.581. The van der Waals surface area contributed by atoms with Gasteiger partial charge in [0.1, 0.15) is 11.7 Å². The maximum Gasteiger partial charge on any atom is 0.338 e. The minimum absolute atomic E-state index is 0.0818. The molecule has 3 rings (SSSR count). The first kappa shape index (κ1) is 15.3. The summed E-state index contributed by atoms with van der Waals surface area (Å²) in [5.41, 5.74) is -0.136. The summed E-state index contributed by atoms with van der Waals surface area (Å²) in [5, 5.41) is 0. The van der Waals surface area contributed by atoms with Crippen LogP contribution in [0.5, 0.6) is 0 Å². The number of carbonyl (C=O) groups excluding carboxylic acids is 1. The van der Waals surface area contributed by atoms with E-state index in [-0.39, 0.29) is 23.8 Å². The summed E-state index contributed by atoms with van der Waals surface area (Å²) in [4.78, 5) is 12.5. The van der Waals surface area contributed by atoms with Gasteiger partial charge in [0.05, 0.1) is 0 Å². The molecule has 0 radical (unpaired) electrons. The van der Waals surface area contributed by atoms with Crippen LogP contribution in [0.15, 0.2) is 0 Å². The zero-order chi connectivity index (χ0) is 15.0. The Labute approximate surface area is 128 Å². The Bertz CT molecular complexity index is 384. The van der Waals surface area contributed by atoms with Gasteiger partial charge in [0.25, 0.3) is 0 Å². The normalized spacial score (nSPS) is 38.5. The summed E-state index contributed by atoms with van der Waals surface area (Å²) < 4.78 is 11.7. The highest BCUT2D eigenvalue weighted by atomic mass is 16.7. The van der Waals surface area contributed by atoms with Crippen molar-refractivity contribution in [3.63, 3.8) is 0 Å². The van der Waals surface area contributed by atoms with Crippen molar-refractivity contribution in [1.29, 1.82) is 0 Å². The number of hydrogen-bond acceptors (Lipinski definition) is 3. The van der Waals surface area contributed by atoms with Gasteiger partial charge in [0.15, 0.2) is 6.10 Å². The fraction of sp³-hybridized carbons (Fsp3) is 0.944. The van der Waals surface area contributed by atoms with Crippen LogP contribution in [0.1, 0.15) is 72.1 Å². The summed E-state index contributed by atoms with van der Waals surface area (Å²) in [6.45, 7) is 6.77. The van der Waals surface area contributed by atoms with Gasteiger partial charge in [0.2, 0.25) is 0 Å². The Morgan fingerprint density at radius 1 is 1.19 bits per heavy atom. The van der Waals surface area contributed by atoms with Crippen molar-refractivity contribution in [1.82, 2.24) is 0 Å². The summed E-state index contributed by atoms with van der Waals surface area (Å²) in [6, 6.07) is 0. The molecule has 3 nitrogen and oxygen atoms in total. The Morgan fingerprint density at radius 2 is 1.90 bits per heavy atom. The zero-order valence-electron chi connectivity index (χ0n) is 13.8. The monoisotopic (exact) mass is 294 g/mol. The molecule has 4 atom stereocenters. The molecule has 0 amide bonds. The van der Waals surface area contributed by atoms with Gasteiger partial charge in [-0.1, -0.05) is 46.5 Å². The van der Waals surface area contributed by atoms with Gasteiger partial charge >= 0.3 is 5.97 Å². The van der Waals surface area contributed by atoms with E-state index in [4.69, 9.17) is 9.47 Å². The van der Waals surface area contributed by atoms with Crippen LogP contribution < -0.4 is 0 Å². The van der Waals surface area contributed by atoms with Gasteiger partial charge in [-0.2, -0.15) is 0 Å². The third-order valence-electron chi connectivity index (χ3n) is 5.92. The molecule has 3 heteroatoms. The largest absolute Gasteiger partial charge is 0.460 e. The minimum Gasteiger partial charge on any atom is -0.460 e. The maximum atomic E-state index is 12.5. The number of hydrogen-bond donors (Lipinski definition) is 0. The third-order valence-corrected chi connectivity index (χ3v) is 5.92. The molecule has 3 fully saturated rings. The van der Waals surface area contributed by atoms with E-state index in [1.165, 1.54) is 32.1 Å². The van der Waals surface area contributed by atoms with E-state index < -0.39 is 0 Å². The molecule has 0 aromatic heterocycles. The molecule has 0 aromatic rings. The predicted molar refractivity (Wildman–Crippen MR) is 81.9 cm³/mol. The van der Waals surface area contributed by atoms with Gasteiger partial charge in [-0.3, -0.25) is 0 Å². The Hall–Kier alpha value is -0.570. The SMILES string of the molecule is CC(C)[C@@H]1CC[C@@H](C)C[C@H]1OC(=O)C1OC12CCCCC2. The van der Waals surface area contributed by atoms with E-state index in [9.17, 15) is 4.79 Å². The van der Waals surface area contributed by atoms with Gasteiger partial charge in [-0.05, 0) is 43.4 Å². The molecule has 1 heterocycles. The second-order valence-electron chi connectivity index (χ2n) is 7.92. The minimum atomic E-state index is -0.261. The maximum absolute atomic E-state index is 12.5. The molecule has 21 heavy (non-hydrogen) atoms. The first-order valence-electron chi connectivity index (χ1n) is 8.90. The number of esters is 1. The molecule has 0 bridgehead atoms. The lowest BCUT2D eigenvalue weighted by Crippen LogP contribution is -2.37. The molecular formula is C18H30O3. The van der Waals surface area contributed by atoms with Gasteiger partial charge in [-0.25, -0.2) is 4.79 Å². The van der Waals surface area contributed by atoms with Crippen LogP contribution in [0.2, 0.25) is 0 Å². The number of epoxide rings is 1. The molecule has 1 spiro atoms. The van der Waals surface area contributed by atoms with E-state index in [1.807, 2.05) is 0 Å². The highest BCUT2D eigenvalue weighted by Gasteiger charge is 2.61. The fourth-order valence-corrected chi connectivity index (χ4v) is 4.46. The fourth-order valence-electron chi connectivity index (χ4n) is 4.46. The third kappa shape index (κ3) is 3.13. The van der Waals surface area contributed by atoms with E-state index in [0.717, 1.165) is 19.3 Å². The molecule has 0 N–H and O–H groups in total. The van der Waals surface area contributed by atoms with Crippen LogP contribution in [0.3, 0.4) is 0 Å². The molecule has 3 aliphatic rings. The smallest absolute Gasteiger partial charge is 0.338 e. The van der Waals surface area contributed by atoms with Gasteiger partial charge < -0.3 is 9.47 Å². The number of ether oxygens (including phenoxy) is 2. The van der Waals surface area contributed by atoms with Crippen molar-refractivity contribution >= 4 is 5.97 Å². The second kappa shape index (κ2) is 5.91. The van der Waals surface area contributed by atoms with E-state index in [0.29, 0.717) is 17.8 Å². The highest BCUT2D eigenvalue weighted by Crippen LogP contribution is 2.49. The van der Waals surface area contributed by atoms with Gasteiger partial charge in [-0.15, -0.1) is 0 Å². The van der Waals surface area contributed by atoms with Crippen LogP contribution in [-0.2, 0) is 14.3 Å². The number of rotatable bonds is 3. The molecule has 0 aromatic carbocycles. The first-order valence-corrected chi connectivity index (χ1v) is 8.90. The molecule has 2 saturated carbocycles. The highest BCUT2D eigenvalue weighted by molar-refractivity contribution is 5.79. The number of carbonyl (C=O) groups is 1. The molecular weight excluding hydrogens is 264 g/mol.